The van der Waals surface area contributed by atoms with Gasteiger partial charge in [-0.05, 0) is 25.0 Å². The summed E-state index contributed by atoms with van der Waals surface area (Å²) in [7, 11) is 0. The smallest absolute Gasteiger partial charge is 0.0177 e. The quantitative estimate of drug-likeness (QED) is 0.602. The Morgan fingerprint density at radius 1 is 1.55 bits per heavy atom. The SMILES string of the molecule is CCCCN1C=CC(C)CC1. The second-order valence-corrected chi connectivity index (χ2v) is 3.50. The molecule has 0 aromatic heterocycles. The highest BCUT2D eigenvalue weighted by atomic mass is 15.1. The van der Waals surface area contributed by atoms with Crippen molar-refractivity contribution in [2.24, 2.45) is 5.92 Å². The fraction of sp³-hybridized carbons (Fsp3) is 0.800. The Kier molecular flexibility index (Phi) is 3.47. The molecular weight excluding hydrogens is 134 g/mol. The summed E-state index contributed by atoms with van der Waals surface area (Å²) in [6.45, 7) is 7.04. The van der Waals surface area contributed by atoms with Crippen LogP contribution >= 0.6 is 0 Å². The highest BCUT2D eigenvalue weighted by molar-refractivity contribution is 4.91. The third-order valence-corrected chi connectivity index (χ3v) is 2.30. The normalized spacial score (nSPS) is 24.2. The monoisotopic (exact) mass is 153 g/mol. The van der Waals surface area contributed by atoms with Gasteiger partial charge >= 0.3 is 0 Å². The zero-order valence-corrected chi connectivity index (χ0v) is 7.71. The number of nitrogens with zero attached hydrogens (tertiary/aromatic N) is 1. The minimum absolute atomic E-state index is 0.799. The third kappa shape index (κ3) is 2.96. The van der Waals surface area contributed by atoms with Crippen molar-refractivity contribution in [1.29, 1.82) is 0 Å². The molecule has 0 aromatic rings. The predicted octanol–water partition coefficient (Wildman–Crippen LogP) is 2.64. The molecule has 1 nitrogen and oxygen atoms in total. The van der Waals surface area contributed by atoms with Crippen molar-refractivity contribution >= 4 is 0 Å². The standard InChI is InChI=1S/C10H19N/c1-3-4-7-11-8-5-10(2)6-9-11/h5,8,10H,3-4,6-7,9H2,1-2H3. The molecule has 1 unspecified atom stereocenters. The molecule has 0 aliphatic carbocycles. The largest absolute Gasteiger partial charge is 0.378 e. The molecule has 1 aliphatic heterocycles. The van der Waals surface area contributed by atoms with Crippen LogP contribution in [0, 0.1) is 5.92 Å². The van der Waals surface area contributed by atoms with E-state index in [1.165, 1.54) is 32.4 Å². The lowest BCUT2D eigenvalue weighted by atomic mass is 10.1. The first-order valence-corrected chi connectivity index (χ1v) is 4.75. The van der Waals surface area contributed by atoms with Gasteiger partial charge in [-0.3, -0.25) is 0 Å². The van der Waals surface area contributed by atoms with Crippen molar-refractivity contribution < 1.29 is 0 Å². The van der Waals surface area contributed by atoms with Crippen LogP contribution in [0.4, 0.5) is 0 Å². The van der Waals surface area contributed by atoms with Crippen LogP contribution < -0.4 is 0 Å². The summed E-state index contributed by atoms with van der Waals surface area (Å²) in [5.41, 5.74) is 0. The van der Waals surface area contributed by atoms with Gasteiger partial charge in [-0.15, -0.1) is 0 Å². The molecule has 0 bridgehead atoms. The first kappa shape index (κ1) is 8.63. The van der Waals surface area contributed by atoms with E-state index < -0.39 is 0 Å². The second kappa shape index (κ2) is 4.42. The van der Waals surface area contributed by atoms with E-state index in [4.69, 9.17) is 0 Å². The fourth-order valence-electron chi connectivity index (χ4n) is 1.36. The molecule has 0 N–H and O–H groups in total. The molecule has 1 heteroatoms. The lowest BCUT2D eigenvalue weighted by molar-refractivity contribution is 0.325. The van der Waals surface area contributed by atoms with E-state index in [-0.39, 0.29) is 0 Å². The highest BCUT2D eigenvalue weighted by Gasteiger charge is 2.07. The highest BCUT2D eigenvalue weighted by Crippen LogP contribution is 2.12. The van der Waals surface area contributed by atoms with Gasteiger partial charge in [0.1, 0.15) is 0 Å². The lowest BCUT2D eigenvalue weighted by Gasteiger charge is -2.25. The molecule has 1 aliphatic rings. The number of rotatable bonds is 3. The van der Waals surface area contributed by atoms with E-state index in [1.807, 2.05) is 0 Å². The summed E-state index contributed by atoms with van der Waals surface area (Å²) in [6, 6.07) is 0. The molecule has 0 fully saturated rings. The van der Waals surface area contributed by atoms with Gasteiger partial charge in [0.05, 0.1) is 0 Å². The van der Waals surface area contributed by atoms with Crippen LogP contribution in [0.5, 0.6) is 0 Å². The number of allylic oxidation sites excluding steroid dienone is 1. The molecule has 0 saturated carbocycles. The van der Waals surface area contributed by atoms with Crippen LogP contribution in [-0.2, 0) is 0 Å². The third-order valence-electron chi connectivity index (χ3n) is 2.30. The first-order valence-electron chi connectivity index (χ1n) is 4.75. The molecule has 1 rings (SSSR count). The van der Waals surface area contributed by atoms with Gasteiger partial charge in [0.2, 0.25) is 0 Å². The van der Waals surface area contributed by atoms with E-state index >= 15 is 0 Å². The number of hydrogen-bond donors (Lipinski definition) is 0. The minimum Gasteiger partial charge on any atom is -0.378 e. The zero-order chi connectivity index (χ0) is 8.10. The summed E-state index contributed by atoms with van der Waals surface area (Å²) in [5, 5.41) is 0. The Balaban J connectivity index is 2.21. The van der Waals surface area contributed by atoms with Crippen LogP contribution in [0.25, 0.3) is 0 Å². The Morgan fingerprint density at radius 3 is 2.91 bits per heavy atom. The molecule has 0 spiro atoms. The van der Waals surface area contributed by atoms with E-state index in [0.717, 1.165) is 5.92 Å². The maximum atomic E-state index is 2.43. The van der Waals surface area contributed by atoms with Crippen LogP contribution in [-0.4, -0.2) is 18.0 Å². The maximum absolute atomic E-state index is 2.43. The molecule has 1 atom stereocenters. The molecule has 0 aromatic carbocycles. The molecule has 1 heterocycles. The molecule has 64 valence electrons. The molecule has 0 saturated heterocycles. The minimum atomic E-state index is 0.799. The Bertz CT molecular complexity index is 129. The molecule has 0 radical (unpaired) electrons. The topological polar surface area (TPSA) is 3.24 Å². The Labute approximate surface area is 70.1 Å². The van der Waals surface area contributed by atoms with Gasteiger partial charge in [-0.1, -0.05) is 26.3 Å². The molecule has 11 heavy (non-hydrogen) atoms. The number of unbranched alkanes of at least 4 members (excludes halogenated alkanes) is 1. The summed E-state index contributed by atoms with van der Waals surface area (Å²) in [5.74, 6) is 0.799. The average molecular weight is 153 g/mol. The van der Waals surface area contributed by atoms with Gasteiger partial charge in [0, 0.05) is 13.1 Å². The van der Waals surface area contributed by atoms with Crippen LogP contribution in [0.15, 0.2) is 12.3 Å². The van der Waals surface area contributed by atoms with Crippen LogP contribution in [0.3, 0.4) is 0 Å². The zero-order valence-electron chi connectivity index (χ0n) is 7.71. The predicted molar refractivity (Wildman–Crippen MR) is 49.4 cm³/mol. The van der Waals surface area contributed by atoms with Gasteiger partial charge in [-0.2, -0.15) is 0 Å². The van der Waals surface area contributed by atoms with Gasteiger partial charge in [-0.25, -0.2) is 0 Å². The van der Waals surface area contributed by atoms with E-state index in [2.05, 4.69) is 31.0 Å². The lowest BCUT2D eigenvalue weighted by Crippen LogP contribution is -2.24. The van der Waals surface area contributed by atoms with Gasteiger partial charge < -0.3 is 4.90 Å². The Hall–Kier alpha value is -0.460. The van der Waals surface area contributed by atoms with Gasteiger partial charge in [0.25, 0.3) is 0 Å². The van der Waals surface area contributed by atoms with Crippen molar-refractivity contribution in [2.75, 3.05) is 13.1 Å². The first-order chi connectivity index (χ1) is 5.33. The van der Waals surface area contributed by atoms with Crippen molar-refractivity contribution in [3.63, 3.8) is 0 Å². The molecule has 0 amide bonds. The summed E-state index contributed by atoms with van der Waals surface area (Å²) in [6.07, 6.45) is 8.56. The van der Waals surface area contributed by atoms with Crippen molar-refractivity contribution in [1.82, 2.24) is 4.90 Å². The van der Waals surface area contributed by atoms with Crippen molar-refractivity contribution in [3.8, 4) is 0 Å². The van der Waals surface area contributed by atoms with E-state index in [1.54, 1.807) is 0 Å². The number of hydrogen-bond acceptors (Lipinski definition) is 1. The summed E-state index contributed by atoms with van der Waals surface area (Å²) < 4.78 is 0. The summed E-state index contributed by atoms with van der Waals surface area (Å²) >= 11 is 0. The summed E-state index contributed by atoms with van der Waals surface area (Å²) in [4.78, 5) is 2.43. The van der Waals surface area contributed by atoms with Crippen molar-refractivity contribution in [2.45, 2.75) is 33.1 Å². The average Bonchev–Trinajstić information content (AvgIpc) is 2.04. The van der Waals surface area contributed by atoms with E-state index in [9.17, 15) is 0 Å². The van der Waals surface area contributed by atoms with Gasteiger partial charge in [0.15, 0.2) is 0 Å². The maximum Gasteiger partial charge on any atom is 0.0177 e. The second-order valence-electron chi connectivity index (χ2n) is 3.50. The Morgan fingerprint density at radius 2 is 2.36 bits per heavy atom. The molecular formula is C10H19N. The van der Waals surface area contributed by atoms with E-state index in [0.29, 0.717) is 0 Å². The van der Waals surface area contributed by atoms with Crippen LogP contribution in [0.2, 0.25) is 0 Å². The fourth-order valence-corrected chi connectivity index (χ4v) is 1.36. The van der Waals surface area contributed by atoms with Crippen molar-refractivity contribution in [3.05, 3.63) is 12.3 Å². The van der Waals surface area contributed by atoms with Crippen LogP contribution in [0.1, 0.15) is 33.1 Å².